The molecule has 1 aliphatic heterocycles. The van der Waals surface area contributed by atoms with Gasteiger partial charge in [-0.25, -0.2) is 0 Å². The van der Waals surface area contributed by atoms with Crippen LogP contribution in [0.5, 0.6) is 0 Å². The second-order valence-corrected chi connectivity index (χ2v) is 7.77. The summed E-state index contributed by atoms with van der Waals surface area (Å²) in [6.07, 6.45) is 8.37. The molecule has 0 radical (unpaired) electrons. The van der Waals surface area contributed by atoms with Crippen molar-refractivity contribution in [1.82, 2.24) is 4.90 Å². The summed E-state index contributed by atoms with van der Waals surface area (Å²) in [5.74, 6) is 0. The molecule has 0 N–H and O–H groups in total. The monoisotopic (exact) mass is 371 g/mol. The first-order chi connectivity index (χ1) is 13.0. The molecule has 1 heterocycles. The number of hydrogen-bond donors (Lipinski definition) is 0. The Balaban J connectivity index is 1.93. The van der Waals surface area contributed by atoms with Crippen LogP contribution in [-0.2, 0) is 6.54 Å². The molecule has 1 nitrogen and oxygen atoms in total. The van der Waals surface area contributed by atoms with Crippen molar-refractivity contribution in [2.24, 2.45) is 0 Å². The van der Waals surface area contributed by atoms with Gasteiger partial charge in [-0.2, -0.15) is 0 Å². The molecular formula is C25H26NP. The van der Waals surface area contributed by atoms with Gasteiger partial charge in [0.25, 0.3) is 0 Å². The van der Waals surface area contributed by atoms with E-state index in [1.165, 1.54) is 33.1 Å². The van der Waals surface area contributed by atoms with E-state index in [4.69, 9.17) is 0 Å². The van der Waals surface area contributed by atoms with Gasteiger partial charge in [-0.1, -0.05) is 82.4 Å². The Hall–Kier alpha value is -2.63. The Morgan fingerprint density at radius 3 is 2.63 bits per heavy atom. The van der Waals surface area contributed by atoms with Crippen molar-refractivity contribution in [3.8, 4) is 0 Å². The molecule has 0 fully saturated rings. The van der Waals surface area contributed by atoms with Crippen molar-refractivity contribution in [3.63, 3.8) is 0 Å². The van der Waals surface area contributed by atoms with E-state index in [9.17, 15) is 0 Å². The quantitative estimate of drug-likeness (QED) is 0.545. The van der Waals surface area contributed by atoms with Crippen LogP contribution in [0.25, 0.3) is 17.2 Å². The lowest BCUT2D eigenvalue weighted by molar-refractivity contribution is 0.473. The Kier molecular flexibility index (Phi) is 5.94. The summed E-state index contributed by atoms with van der Waals surface area (Å²) in [4.78, 5) is 2.21. The molecule has 0 aliphatic carbocycles. The summed E-state index contributed by atoms with van der Waals surface area (Å²) < 4.78 is 0. The van der Waals surface area contributed by atoms with Crippen LogP contribution in [0.2, 0.25) is 0 Å². The third-order valence-corrected chi connectivity index (χ3v) is 5.78. The molecule has 1 atom stereocenters. The van der Waals surface area contributed by atoms with Crippen LogP contribution in [0.1, 0.15) is 29.2 Å². The van der Waals surface area contributed by atoms with E-state index in [2.05, 4.69) is 99.0 Å². The maximum absolute atomic E-state index is 4.22. The summed E-state index contributed by atoms with van der Waals surface area (Å²) in [6.45, 7) is 17.3. The van der Waals surface area contributed by atoms with Gasteiger partial charge in [0.1, 0.15) is 0 Å². The summed E-state index contributed by atoms with van der Waals surface area (Å²) in [5.41, 5.74) is 8.19. The van der Waals surface area contributed by atoms with Crippen molar-refractivity contribution in [1.29, 1.82) is 0 Å². The molecule has 2 heteroatoms. The molecule has 0 spiro atoms. The highest BCUT2D eigenvalue weighted by atomic mass is 31.1. The van der Waals surface area contributed by atoms with Gasteiger partial charge in [-0.15, -0.1) is 0 Å². The number of rotatable bonds is 6. The molecule has 0 saturated carbocycles. The number of nitrogens with zero attached hydrogens (tertiary/aromatic N) is 1. The predicted octanol–water partition coefficient (Wildman–Crippen LogP) is 6.22. The standard InChI is InChI=1S/C25H26NP/c1-6-20-13-14-21(15-25(20)27-5)22-12-11-19(4)26(16-22)17-23-9-7-8-10-24(23)18(2)3/h6-16,27H,1-2,4,17H2,3,5H3. The molecule has 0 saturated heterocycles. The fourth-order valence-corrected chi connectivity index (χ4v) is 4.06. The van der Waals surface area contributed by atoms with Gasteiger partial charge >= 0.3 is 0 Å². The van der Waals surface area contributed by atoms with Crippen LogP contribution >= 0.6 is 8.58 Å². The third kappa shape index (κ3) is 4.21. The Labute approximate surface area is 164 Å². The van der Waals surface area contributed by atoms with Gasteiger partial charge in [-0.3, -0.25) is 0 Å². The minimum atomic E-state index is 0.745. The topological polar surface area (TPSA) is 3.24 Å². The SMILES string of the molecule is C=Cc1ccc(C2=CN(Cc3ccccc3C(=C)C)C(=C)C=C2)cc1PC. The fraction of sp³-hybridized carbons (Fsp3) is 0.120. The third-order valence-electron chi connectivity index (χ3n) is 4.81. The van der Waals surface area contributed by atoms with Crippen LogP contribution in [-0.4, -0.2) is 11.6 Å². The van der Waals surface area contributed by atoms with E-state index in [1.54, 1.807) is 0 Å². The van der Waals surface area contributed by atoms with E-state index in [-0.39, 0.29) is 0 Å². The molecule has 1 aliphatic rings. The average Bonchev–Trinajstić information content (AvgIpc) is 2.69. The molecule has 136 valence electrons. The molecule has 3 rings (SSSR count). The van der Waals surface area contributed by atoms with Crippen molar-refractivity contribution in [2.75, 3.05) is 6.66 Å². The van der Waals surface area contributed by atoms with Gasteiger partial charge in [0, 0.05) is 18.4 Å². The van der Waals surface area contributed by atoms with Crippen molar-refractivity contribution in [3.05, 3.63) is 109 Å². The lowest BCUT2D eigenvalue weighted by atomic mass is 9.99. The van der Waals surface area contributed by atoms with Crippen LogP contribution < -0.4 is 5.30 Å². The number of hydrogen-bond acceptors (Lipinski definition) is 1. The fourth-order valence-electron chi connectivity index (χ4n) is 3.28. The number of benzene rings is 2. The first-order valence-corrected chi connectivity index (χ1v) is 10.6. The zero-order chi connectivity index (χ0) is 19.4. The molecule has 27 heavy (non-hydrogen) atoms. The Morgan fingerprint density at radius 1 is 1.15 bits per heavy atom. The highest BCUT2D eigenvalue weighted by Gasteiger charge is 2.14. The van der Waals surface area contributed by atoms with E-state index in [1.807, 2.05) is 6.08 Å². The smallest absolute Gasteiger partial charge is 0.0482 e. The van der Waals surface area contributed by atoms with Crippen molar-refractivity contribution < 1.29 is 0 Å². The van der Waals surface area contributed by atoms with Crippen LogP contribution in [0, 0.1) is 0 Å². The van der Waals surface area contributed by atoms with Gasteiger partial charge in [0.05, 0.1) is 0 Å². The van der Waals surface area contributed by atoms with Gasteiger partial charge < -0.3 is 4.90 Å². The summed E-state index contributed by atoms with van der Waals surface area (Å²) in [5, 5.41) is 1.35. The minimum Gasteiger partial charge on any atom is -0.343 e. The normalized spacial score (nSPS) is 13.9. The molecule has 0 amide bonds. The largest absolute Gasteiger partial charge is 0.343 e. The molecular weight excluding hydrogens is 345 g/mol. The van der Waals surface area contributed by atoms with E-state index < -0.39 is 0 Å². The van der Waals surface area contributed by atoms with Crippen LogP contribution in [0.4, 0.5) is 0 Å². The maximum atomic E-state index is 4.22. The first kappa shape index (κ1) is 19.1. The summed E-state index contributed by atoms with van der Waals surface area (Å²) in [6, 6.07) is 15.1. The predicted molar refractivity (Wildman–Crippen MR) is 123 cm³/mol. The Bertz CT molecular complexity index is 962. The van der Waals surface area contributed by atoms with Crippen LogP contribution in [0.15, 0.2) is 86.3 Å². The summed E-state index contributed by atoms with van der Waals surface area (Å²) >= 11 is 0. The summed E-state index contributed by atoms with van der Waals surface area (Å²) in [7, 11) is 0.745. The second-order valence-electron chi connectivity index (χ2n) is 6.73. The van der Waals surface area contributed by atoms with Gasteiger partial charge in [-0.05, 0) is 58.9 Å². The first-order valence-electron chi connectivity index (χ1n) is 9.07. The van der Waals surface area contributed by atoms with Crippen molar-refractivity contribution >= 4 is 31.1 Å². The number of allylic oxidation sites excluding steroid dienone is 4. The van der Waals surface area contributed by atoms with Crippen molar-refractivity contribution in [2.45, 2.75) is 13.5 Å². The van der Waals surface area contributed by atoms with E-state index in [0.717, 1.165) is 26.4 Å². The van der Waals surface area contributed by atoms with Gasteiger partial charge in [0.2, 0.25) is 0 Å². The second kappa shape index (κ2) is 8.37. The lowest BCUT2D eigenvalue weighted by Crippen LogP contribution is -2.18. The molecule has 1 unspecified atom stereocenters. The van der Waals surface area contributed by atoms with E-state index in [0.29, 0.717) is 0 Å². The van der Waals surface area contributed by atoms with Crippen LogP contribution in [0.3, 0.4) is 0 Å². The maximum Gasteiger partial charge on any atom is 0.0482 e. The molecule has 2 aromatic carbocycles. The molecule has 0 bridgehead atoms. The average molecular weight is 371 g/mol. The zero-order valence-electron chi connectivity index (χ0n) is 16.1. The molecule has 2 aromatic rings. The molecule has 0 aromatic heterocycles. The highest BCUT2D eigenvalue weighted by Crippen LogP contribution is 2.28. The lowest BCUT2D eigenvalue weighted by Gasteiger charge is -2.27. The van der Waals surface area contributed by atoms with E-state index >= 15 is 0 Å². The zero-order valence-corrected chi connectivity index (χ0v) is 17.1. The highest BCUT2D eigenvalue weighted by molar-refractivity contribution is 7.46. The van der Waals surface area contributed by atoms with Gasteiger partial charge in [0.15, 0.2) is 0 Å². The Morgan fingerprint density at radius 2 is 1.93 bits per heavy atom. The minimum absolute atomic E-state index is 0.745.